The fraction of sp³-hybridized carbons (Fsp3) is 0.111. The lowest BCUT2D eigenvalue weighted by atomic mass is 10.2. The summed E-state index contributed by atoms with van der Waals surface area (Å²) in [5.41, 5.74) is 0.715. The van der Waals surface area contributed by atoms with Gasteiger partial charge in [-0.25, -0.2) is 14.5 Å². The van der Waals surface area contributed by atoms with Crippen molar-refractivity contribution in [2.75, 3.05) is 7.11 Å². The van der Waals surface area contributed by atoms with Crippen LogP contribution in [0.5, 0.6) is 0 Å². The molecule has 0 aliphatic rings. The molecule has 0 saturated carbocycles. The molecule has 2 rings (SSSR count). The molecular formula is C9H7IN2O3. The van der Waals surface area contributed by atoms with Crippen LogP contribution in [0.4, 0.5) is 0 Å². The van der Waals surface area contributed by atoms with Gasteiger partial charge in [0.2, 0.25) is 0 Å². The molecule has 0 spiro atoms. The number of aromatic nitrogens is 2. The van der Waals surface area contributed by atoms with Gasteiger partial charge in [0.05, 0.1) is 18.7 Å². The number of fused-ring (bicyclic) bond motifs is 1. The van der Waals surface area contributed by atoms with Crippen molar-refractivity contribution < 1.29 is 14.3 Å². The summed E-state index contributed by atoms with van der Waals surface area (Å²) in [6.07, 6.45) is 2.87. The Labute approximate surface area is 98.8 Å². The number of aromatic amines is 1. The van der Waals surface area contributed by atoms with Gasteiger partial charge in [0.1, 0.15) is 11.8 Å². The highest BCUT2D eigenvalue weighted by atomic mass is 127. The van der Waals surface area contributed by atoms with Crippen LogP contribution in [0, 0.1) is 8.78 Å². The predicted molar refractivity (Wildman–Crippen MR) is 61.3 cm³/mol. The van der Waals surface area contributed by atoms with Crippen molar-refractivity contribution in [3.8, 4) is 0 Å². The summed E-state index contributed by atoms with van der Waals surface area (Å²) in [6, 6.07) is 1.75. The molecule has 2 heterocycles. The van der Waals surface area contributed by atoms with Crippen LogP contribution in [-0.2, 0) is 4.74 Å². The van der Waals surface area contributed by atoms with Crippen LogP contribution in [0.25, 0.3) is 11.0 Å². The van der Waals surface area contributed by atoms with Gasteiger partial charge in [-0.2, -0.15) is 0 Å². The highest BCUT2D eigenvalue weighted by Crippen LogP contribution is 2.20. The lowest BCUT2D eigenvalue weighted by Gasteiger charge is -2.07. The first kappa shape index (κ1) is 10.2. The minimum Gasteiger partial charge on any atom is -0.711 e. The number of ether oxygens (including phenoxy) is 1. The number of hydrogen-bond acceptors (Lipinski definition) is 3. The Morgan fingerprint density at radius 1 is 1.67 bits per heavy atom. The standard InChI is InChI=1S/C9H7IN2O3/c1-15-9(13)6-4-12(14)8-5(7(6)10)2-3-11-8/h2-4,11H,1H3. The molecule has 15 heavy (non-hydrogen) atoms. The number of pyridine rings is 1. The number of H-pyrrole nitrogens is 1. The molecule has 0 aliphatic carbocycles. The van der Waals surface area contributed by atoms with Gasteiger partial charge in [-0.3, -0.25) is 0 Å². The number of nitrogens with one attached hydrogen (secondary N) is 1. The lowest BCUT2D eigenvalue weighted by molar-refractivity contribution is -0.579. The molecule has 78 valence electrons. The average Bonchev–Trinajstić information content (AvgIpc) is 2.71. The SMILES string of the molecule is COC(=O)c1c[n+]([O-])c2[nH]ccc2c1I. The largest absolute Gasteiger partial charge is 0.711 e. The van der Waals surface area contributed by atoms with Gasteiger partial charge in [0.25, 0.3) is 5.65 Å². The lowest BCUT2D eigenvalue weighted by Crippen LogP contribution is -2.29. The van der Waals surface area contributed by atoms with Crippen molar-refractivity contribution in [1.82, 2.24) is 4.98 Å². The molecule has 0 saturated heterocycles. The molecule has 1 N–H and O–H groups in total. The summed E-state index contributed by atoms with van der Waals surface area (Å²) in [7, 11) is 1.29. The first-order valence-electron chi connectivity index (χ1n) is 4.12. The fourth-order valence-corrected chi connectivity index (χ4v) is 2.15. The smallest absolute Gasteiger partial charge is 0.342 e. The summed E-state index contributed by atoms with van der Waals surface area (Å²) >= 11 is 2.02. The van der Waals surface area contributed by atoms with E-state index in [4.69, 9.17) is 0 Å². The molecule has 5 nitrogen and oxygen atoms in total. The van der Waals surface area contributed by atoms with Gasteiger partial charge in [0, 0.05) is 3.57 Å². The molecule has 0 radical (unpaired) electrons. The molecule has 6 heteroatoms. The first-order valence-corrected chi connectivity index (χ1v) is 5.20. The van der Waals surface area contributed by atoms with E-state index in [1.165, 1.54) is 13.3 Å². The first-order chi connectivity index (χ1) is 7.15. The van der Waals surface area contributed by atoms with Gasteiger partial charge in [0.15, 0.2) is 0 Å². The summed E-state index contributed by atoms with van der Waals surface area (Å²) in [5.74, 6) is -0.507. The van der Waals surface area contributed by atoms with E-state index in [9.17, 15) is 10.0 Å². The van der Waals surface area contributed by atoms with Crippen molar-refractivity contribution in [2.24, 2.45) is 0 Å². The minimum atomic E-state index is -0.507. The zero-order chi connectivity index (χ0) is 11.0. The third-order valence-corrected chi connectivity index (χ3v) is 3.23. The molecule has 0 atom stereocenters. The number of carbonyl (C=O) groups excluding carboxylic acids is 1. The third-order valence-electron chi connectivity index (χ3n) is 2.07. The van der Waals surface area contributed by atoms with Gasteiger partial charge < -0.3 is 9.94 Å². The van der Waals surface area contributed by atoms with Crippen molar-refractivity contribution in [3.05, 3.63) is 32.8 Å². The number of carbonyl (C=O) groups is 1. The van der Waals surface area contributed by atoms with Gasteiger partial charge >= 0.3 is 5.97 Å². The summed E-state index contributed by atoms with van der Waals surface area (Å²) < 4.78 is 5.93. The normalized spacial score (nSPS) is 10.5. The van der Waals surface area contributed by atoms with Crippen molar-refractivity contribution in [3.63, 3.8) is 0 Å². The Hall–Kier alpha value is -1.31. The van der Waals surface area contributed by atoms with Gasteiger partial charge in [-0.05, 0) is 28.7 Å². The number of nitrogens with zero attached hydrogens (tertiary/aromatic N) is 1. The van der Waals surface area contributed by atoms with E-state index in [1.807, 2.05) is 22.6 Å². The van der Waals surface area contributed by atoms with E-state index in [2.05, 4.69) is 9.72 Å². The summed E-state index contributed by atoms with van der Waals surface area (Å²) in [4.78, 5) is 14.2. The van der Waals surface area contributed by atoms with Crippen LogP contribution in [0.2, 0.25) is 0 Å². The van der Waals surface area contributed by atoms with Crippen LogP contribution >= 0.6 is 22.6 Å². The zero-order valence-electron chi connectivity index (χ0n) is 7.78. The second kappa shape index (κ2) is 3.69. The molecule has 0 aromatic carbocycles. The van der Waals surface area contributed by atoms with E-state index in [0.29, 0.717) is 19.3 Å². The van der Waals surface area contributed by atoms with E-state index >= 15 is 0 Å². The maximum atomic E-state index is 11.5. The van der Waals surface area contributed by atoms with Gasteiger partial charge in [-0.15, -0.1) is 0 Å². The maximum absolute atomic E-state index is 11.5. The van der Waals surface area contributed by atoms with Crippen LogP contribution in [0.3, 0.4) is 0 Å². The van der Waals surface area contributed by atoms with Crippen LogP contribution < -0.4 is 4.73 Å². The van der Waals surface area contributed by atoms with E-state index in [1.54, 1.807) is 12.3 Å². The second-order valence-corrected chi connectivity index (χ2v) is 3.99. The van der Waals surface area contributed by atoms with E-state index in [0.717, 1.165) is 0 Å². The number of methoxy groups -OCH3 is 1. The monoisotopic (exact) mass is 318 g/mol. The fourth-order valence-electron chi connectivity index (χ4n) is 1.36. The molecule has 2 aromatic heterocycles. The minimum absolute atomic E-state index is 0.278. The van der Waals surface area contributed by atoms with Crippen molar-refractivity contribution >= 4 is 39.6 Å². The van der Waals surface area contributed by atoms with Crippen molar-refractivity contribution in [2.45, 2.75) is 0 Å². The second-order valence-electron chi connectivity index (χ2n) is 2.91. The third kappa shape index (κ3) is 1.54. The average molecular weight is 318 g/mol. The Kier molecular flexibility index (Phi) is 2.51. The van der Waals surface area contributed by atoms with E-state index in [-0.39, 0.29) is 5.56 Å². The van der Waals surface area contributed by atoms with Crippen LogP contribution in [0.15, 0.2) is 18.5 Å². The Morgan fingerprint density at radius 2 is 2.40 bits per heavy atom. The molecule has 0 fully saturated rings. The number of rotatable bonds is 1. The zero-order valence-corrected chi connectivity index (χ0v) is 9.94. The molecule has 0 unspecified atom stereocenters. The molecule has 0 amide bonds. The Bertz CT molecular complexity index is 535. The van der Waals surface area contributed by atoms with Crippen molar-refractivity contribution in [1.29, 1.82) is 0 Å². The number of halogens is 1. The Morgan fingerprint density at radius 3 is 3.07 bits per heavy atom. The van der Waals surface area contributed by atoms with Crippen LogP contribution in [0.1, 0.15) is 10.4 Å². The topological polar surface area (TPSA) is 69.0 Å². The van der Waals surface area contributed by atoms with E-state index < -0.39 is 5.97 Å². The summed E-state index contributed by atoms with van der Waals surface area (Å²) in [5, 5.41) is 12.2. The quantitative estimate of drug-likeness (QED) is 0.372. The number of esters is 1. The van der Waals surface area contributed by atoms with Gasteiger partial charge in [-0.1, -0.05) is 0 Å². The maximum Gasteiger partial charge on any atom is 0.342 e. The molecule has 0 aliphatic heterocycles. The Balaban J connectivity index is 2.76. The summed E-state index contributed by atoms with van der Waals surface area (Å²) in [6.45, 7) is 0. The predicted octanol–water partition coefficient (Wildman–Crippen LogP) is 1.19. The molecular weight excluding hydrogens is 311 g/mol. The van der Waals surface area contributed by atoms with Crippen LogP contribution in [-0.4, -0.2) is 18.1 Å². The molecule has 2 aromatic rings. The number of hydrogen-bond donors (Lipinski definition) is 1. The molecule has 0 bridgehead atoms. The highest BCUT2D eigenvalue weighted by molar-refractivity contribution is 14.1. The highest BCUT2D eigenvalue weighted by Gasteiger charge is 2.18.